The monoisotopic (exact) mass is 233 g/mol. The van der Waals surface area contributed by atoms with Crippen LogP contribution in [0.25, 0.3) is 0 Å². The fraction of sp³-hybridized carbons (Fsp3) is 0.462. The van der Waals surface area contributed by atoms with E-state index in [4.69, 9.17) is 0 Å². The Morgan fingerprint density at radius 1 is 1.18 bits per heavy atom. The minimum Gasteiger partial charge on any atom is -0.314 e. The van der Waals surface area contributed by atoms with Gasteiger partial charge in [-0.15, -0.1) is 0 Å². The van der Waals surface area contributed by atoms with Crippen LogP contribution in [0.15, 0.2) is 24.3 Å². The Kier molecular flexibility index (Phi) is 4.12. The number of nitrogens with zero attached hydrogens (tertiary/aromatic N) is 1. The highest BCUT2D eigenvalue weighted by Gasteiger charge is 2.09. The van der Waals surface area contributed by atoms with Crippen LogP contribution in [-0.4, -0.2) is 43.6 Å². The highest BCUT2D eigenvalue weighted by molar-refractivity contribution is 5.87. The van der Waals surface area contributed by atoms with E-state index in [1.165, 1.54) is 5.56 Å². The van der Waals surface area contributed by atoms with Crippen LogP contribution in [0.1, 0.15) is 15.9 Å². The molecule has 2 rings (SSSR count). The van der Waals surface area contributed by atoms with Gasteiger partial charge in [0.05, 0.1) is 5.56 Å². The molecule has 1 aromatic rings. The van der Waals surface area contributed by atoms with Gasteiger partial charge in [-0.05, 0) is 24.1 Å². The van der Waals surface area contributed by atoms with Gasteiger partial charge in [0.15, 0.2) is 0 Å². The van der Waals surface area contributed by atoms with Crippen molar-refractivity contribution >= 4 is 5.97 Å². The lowest BCUT2D eigenvalue weighted by molar-refractivity contribution is 0.0573. The molecule has 1 aliphatic heterocycles. The molecule has 1 saturated heterocycles. The lowest BCUT2D eigenvalue weighted by Gasteiger charge is -2.27. The summed E-state index contributed by atoms with van der Waals surface area (Å²) in [5, 5.41) is 13.9. The number of benzene rings is 1. The summed E-state index contributed by atoms with van der Waals surface area (Å²) in [4.78, 5) is 13.0. The Labute approximate surface area is 101 Å². The first kappa shape index (κ1) is 12.1. The van der Waals surface area contributed by atoms with Gasteiger partial charge in [-0.25, -0.2) is 9.90 Å². The molecule has 0 amide bonds. The van der Waals surface area contributed by atoms with Gasteiger partial charge in [-0.1, -0.05) is 12.1 Å². The fourth-order valence-electron chi connectivity index (χ4n) is 2.03. The number of rotatable bonds is 4. The Hall–Kier alpha value is -1.39. The van der Waals surface area contributed by atoms with E-state index < -0.39 is 5.97 Å². The summed E-state index contributed by atoms with van der Waals surface area (Å²) in [6, 6.07) is 6.96. The summed E-state index contributed by atoms with van der Waals surface area (Å²) in [6.07, 6.45) is 0.966. The molecule has 0 saturated carbocycles. The van der Waals surface area contributed by atoms with Gasteiger partial charge in [0, 0.05) is 32.7 Å². The summed E-state index contributed by atoms with van der Waals surface area (Å²) >= 11 is 0. The zero-order valence-corrected chi connectivity index (χ0v) is 9.82. The zero-order chi connectivity index (χ0) is 12.1. The molecule has 91 valence electrons. The van der Waals surface area contributed by atoms with Gasteiger partial charge >= 0.3 is 5.97 Å². The smallest absolute Gasteiger partial charge is 0.314 e. The Balaban J connectivity index is 1.84. The lowest BCUT2D eigenvalue weighted by Crippen LogP contribution is -2.44. The molecule has 0 atom stereocenters. The van der Waals surface area contributed by atoms with Crippen LogP contribution < -0.4 is 5.32 Å². The molecule has 1 aliphatic rings. The molecular formula is C13H17N2O2. The van der Waals surface area contributed by atoms with Crippen molar-refractivity contribution in [3.05, 3.63) is 35.4 Å². The van der Waals surface area contributed by atoms with E-state index in [9.17, 15) is 9.90 Å². The van der Waals surface area contributed by atoms with Crippen molar-refractivity contribution in [2.75, 3.05) is 32.7 Å². The molecule has 1 N–H and O–H groups in total. The molecule has 4 heteroatoms. The van der Waals surface area contributed by atoms with Crippen LogP contribution in [0.2, 0.25) is 0 Å². The van der Waals surface area contributed by atoms with Gasteiger partial charge in [0.25, 0.3) is 0 Å². The SMILES string of the molecule is [O]C(=O)c1ccc(CCN2CCNCC2)cc1. The van der Waals surface area contributed by atoms with Crippen LogP contribution >= 0.6 is 0 Å². The van der Waals surface area contributed by atoms with Crippen molar-refractivity contribution in [3.8, 4) is 0 Å². The lowest BCUT2D eigenvalue weighted by atomic mass is 10.1. The van der Waals surface area contributed by atoms with E-state index in [-0.39, 0.29) is 5.56 Å². The van der Waals surface area contributed by atoms with E-state index in [1.54, 1.807) is 12.1 Å². The average molecular weight is 233 g/mol. The van der Waals surface area contributed by atoms with Gasteiger partial charge in [-0.3, -0.25) is 0 Å². The maximum absolute atomic E-state index is 10.6. The third-order valence-corrected chi connectivity index (χ3v) is 3.12. The molecule has 0 aliphatic carbocycles. The second-order valence-corrected chi connectivity index (χ2v) is 4.33. The molecule has 1 fully saturated rings. The minimum atomic E-state index is -1.11. The van der Waals surface area contributed by atoms with Crippen LogP contribution in [0.3, 0.4) is 0 Å². The van der Waals surface area contributed by atoms with Gasteiger partial charge in [-0.2, -0.15) is 0 Å². The molecule has 0 bridgehead atoms. The molecule has 0 unspecified atom stereocenters. The topological polar surface area (TPSA) is 52.2 Å². The molecule has 1 aromatic carbocycles. The number of hydrogen-bond donors (Lipinski definition) is 1. The van der Waals surface area contributed by atoms with Crippen LogP contribution in [-0.2, 0) is 11.5 Å². The van der Waals surface area contributed by atoms with Crippen molar-refractivity contribution in [1.82, 2.24) is 10.2 Å². The van der Waals surface area contributed by atoms with Crippen molar-refractivity contribution < 1.29 is 9.90 Å². The number of carbonyl (C=O) groups is 1. The van der Waals surface area contributed by atoms with E-state index in [0.717, 1.165) is 39.1 Å². The van der Waals surface area contributed by atoms with Crippen molar-refractivity contribution in [1.29, 1.82) is 0 Å². The van der Waals surface area contributed by atoms with Crippen molar-refractivity contribution in [3.63, 3.8) is 0 Å². The van der Waals surface area contributed by atoms with Crippen LogP contribution in [0.4, 0.5) is 0 Å². The molecular weight excluding hydrogens is 216 g/mol. The zero-order valence-electron chi connectivity index (χ0n) is 9.82. The summed E-state index contributed by atoms with van der Waals surface area (Å²) in [5.41, 5.74) is 1.42. The van der Waals surface area contributed by atoms with E-state index in [2.05, 4.69) is 10.2 Å². The molecule has 1 heterocycles. The number of nitrogens with one attached hydrogen (secondary N) is 1. The first-order chi connectivity index (χ1) is 8.25. The molecule has 0 spiro atoms. The molecule has 17 heavy (non-hydrogen) atoms. The van der Waals surface area contributed by atoms with Gasteiger partial charge < -0.3 is 10.2 Å². The van der Waals surface area contributed by atoms with Gasteiger partial charge in [0.1, 0.15) is 0 Å². The second kappa shape index (κ2) is 5.80. The molecule has 1 radical (unpaired) electrons. The third kappa shape index (κ3) is 3.54. The normalized spacial score (nSPS) is 16.9. The quantitative estimate of drug-likeness (QED) is 0.833. The van der Waals surface area contributed by atoms with E-state index in [1.807, 2.05) is 12.1 Å². The predicted molar refractivity (Wildman–Crippen MR) is 64.5 cm³/mol. The predicted octanol–water partition coefficient (Wildman–Crippen LogP) is 0.705. The fourth-order valence-corrected chi connectivity index (χ4v) is 2.03. The largest absolute Gasteiger partial charge is 0.386 e. The van der Waals surface area contributed by atoms with E-state index in [0.29, 0.717) is 0 Å². The minimum absolute atomic E-state index is 0.246. The number of piperazine rings is 1. The highest BCUT2D eigenvalue weighted by atomic mass is 16.4. The standard InChI is InChI=1S/C13H17N2O2/c16-13(17)12-3-1-11(2-4-12)5-8-15-9-6-14-7-10-15/h1-4,14H,5-10H2. The maximum atomic E-state index is 10.6. The Morgan fingerprint density at radius 2 is 1.82 bits per heavy atom. The average Bonchev–Trinajstić information content (AvgIpc) is 2.38. The number of carbonyl (C=O) groups excluding carboxylic acids is 1. The first-order valence-corrected chi connectivity index (χ1v) is 5.99. The third-order valence-electron chi connectivity index (χ3n) is 3.12. The highest BCUT2D eigenvalue weighted by Crippen LogP contribution is 2.06. The van der Waals surface area contributed by atoms with Crippen molar-refractivity contribution in [2.24, 2.45) is 0 Å². The van der Waals surface area contributed by atoms with Crippen LogP contribution in [0, 0.1) is 0 Å². The molecule has 0 aromatic heterocycles. The summed E-state index contributed by atoms with van der Waals surface area (Å²) in [5.74, 6) is -1.11. The second-order valence-electron chi connectivity index (χ2n) is 4.33. The summed E-state index contributed by atoms with van der Waals surface area (Å²) < 4.78 is 0. The molecule has 4 nitrogen and oxygen atoms in total. The number of hydrogen-bond acceptors (Lipinski definition) is 3. The Morgan fingerprint density at radius 3 is 2.41 bits per heavy atom. The van der Waals surface area contributed by atoms with Crippen LogP contribution in [0.5, 0.6) is 0 Å². The van der Waals surface area contributed by atoms with E-state index >= 15 is 0 Å². The maximum Gasteiger partial charge on any atom is 0.386 e. The summed E-state index contributed by atoms with van der Waals surface area (Å²) in [7, 11) is 0. The Bertz CT molecular complexity index is 370. The van der Waals surface area contributed by atoms with Gasteiger partial charge in [0.2, 0.25) is 0 Å². The van der Waals surface area contributed by atoms with Crippen molar-refractivity contribution in [2.45, 2.75) is 6.42 Å². The first-order valence-electron chi connectivity index (χ1n) is 5.99. The summed E-state index contributed by atoms with van der Waals surface area (Å²) in [6.45, 7) is 5.34.